The van der Waals surface area contributed by atoms with Gasteiger partial charge >= 0.3 is 61.2 Å². The van der Waals surface area contributed by atoms with Crippen LogP contribution in [0.15, 0.2) is 12.7 Å². The van der Waals surface area contributed by atoms with E-state index in [0.29, 0.717) is 0 Å². The van der Waals surface area contributed by atoms with E-state index in [1.165, 1.54) is 10.9 Å². The van der Waals surface area contributed by atoms with Crippen molar-refractivity contribution in [2.75, 3.05) is 12.3 Å². The molecule has 1 saturated heterocycles. The molecule has 0 bridgehead atoms. The molecule has 6 atom stereocenters. The van der Waals surface area contributed by atoms with Crippen molar-refractivity contribution in [3.63, 3.8) is 0 Å². The molecular formula is C10H18CaN5O13P3. The van der Waals surface area contributed by atoms with Crippen LogP contribution in [0.4, 0.5) is 5.82 Å². The Morgan fingerprint density at radius 2 is 1.69 bits per heavy atom. The Labute approximate surface area is 207 Å². The summed E-state index contributed by atoms with van der Waals surface area (Å²) in [5, 5.41) is 20.4. The standard InChI is InChI=1S/C10H16N5O13P3.Ca.2H/c11-8-5-9(13-2-12-8)15(3-14-5)10-7(17)6(16)4(26-10)1-25-30(21,22)28-31(23,24)27-29(18,19)20;;;/h2-4,6-7,10,16-17H,1H2,(H,21,22)(H,23,24)(H2,11,12,13)(H2,18,19,20);;;/t4-,6-,7-,10-;;;/m1.../s1. The monoisotopic (exact) mass is 549 g/mol. The molecule has 1 fully saturated rings. The van der Waals surface area contributed by atoms with Gasteiger partial charge in [0.25, 0.3) is 0 Å². The number of fused-ring (bicyclic) bond motifs is 1. The first-order valence-electron chi connectivity index (χ1n) is 7.92. The number of phosphoric ester groups is 1. The van der Waals surface area contributed by atoms with Crippen LogP contribution >= 0.6 is 23.5 Å². The summed E-state index contributed by atoms with van der Waals surface area (Å²) >= 11 is 0. The number of nitrogens with two attached hydrogens (primary N) is 1. The average molecular weight is 549 g/mol. The fraction of sp³-hybridized carbons (Fsp3) is 0.500. The van der Waals surface area contributed by atoms with Gasteiger partial charge in [-0.2, -0.15) is 8.62 Å². The summed E-state index contributed by atoms with van der Waals surface area (Å²) < 4.78 is 51.9. The third-order valence-electron chi connectivity index (χ3n) is 3.82. The molecular weight excluding hydrogens is 531 g/mol. The SMILES string of the molecule is Nc1ncnc2c1ncn2[C@@H]1O[C@H](COP(=O)(O)OP(=O)(O)OP(=O)(O)O)[C@@H](O)[C@H]1O.[CaH2]. The summed E-state index contributed by atoms with van der Waals surface area (Å²) in [6.45, 7) is -0.956. The molecule has 0 radical (unpaired) electrons. The number of imidazole rings is 1. The fourth-order valence-corrected chi connectivity index (χ4v) is 5.65. The number of phosphoric acid groups is 3. The van der Waals surface area contributed by atoms with Crippen molar-refractivity contribution >= 4 is 78.2 Å². The summed E-state index contributed by atoms with van der Waals surface area (Å²) in [7, 11) is -16.7. The van der Waals surface area contributed by atoms with Crippen LogP contribution in [0.5, 0.6) is 0 Å². The number of hydrogen-bond donors (Lipinski definition) is 7. The van der Waals surface area contributed by atoms with Gasteiger partial charge in [0.1, 0.15) is 30.2 Å². The van der Waals surface area contributed by atoms with Crippen molar-refractivity contribution in [2.24, 2.45) is 0 Å². The summed E-state index contributed by atoms with van der Waals surface area (Å²) in [4.78, 5) is 47.2. The van der Waals surface area contributed by atoms with Gasteiger partial charge in [0.2, 0.25) is 0 Å². The summed E-state index contributed by atoms with van der Waals surface area (Å²) in [5.74, 6) is 0.0426. The minimum absolute atomic E-state index is 0. The van der Waals surface area contributed by atoms with Crippen LogP contribution in [-0.4, -0.2) is 112 Å². The van der Waals surface area contributed by atoms with Crippen LogP contribution in [0.25, 0.3) is 11.2 Å². The van der Waals surface area contributed by atoms with Gasteiger partial charge in [0.15, 0.2) is 17.7 Å². The van der Waals surface area contributed by atoms with Crippen LogP contribution in [0.3, 0.4) is 0 Å². The van der Waals surface area contributed by atoms with Crippen molar-refractivity contribution in [2.45, 2.75) is 24.5 Å². The Balaban J connectivity index is 0.00000363. The number of nitrogen functional groups attached to an aromatic ring is 1. The van der Waals surface area contributed by atoms with E-state index < -0.39 is 54.6 Å². The number of rotatable bonds is 8. The average Bonchev–Trinajstić information content (AvgIpc) is 3.13. The molecule has 2 unspecified atom stereocenters. The number of aliphatic hydroxyl groups excluding tert-OH is 2. The number of anilines is 1. The molecule has 2 aromatic heterocycles. The predicted molar refractivity (Wildman–Crippen MR) is 104 cm³/mol. The Kier molecular flexibility index (Phi) is 9.02. The summed E-state index contributed by atoms with van der Waals surface area (Å²) in [6.07, 6.45) is -3.69. The first-order chi connectivity index (χ1) is 14.2. The van der Waals surface area contributed by atoms with Gasteiger partial charge < -0.3 is 40.3 Å². The van der Waals surface area contributed by atoms with E-state index in [2.05, 4.69) is 28.1 Å². The number of nitrogens with zero attached hydrogens (tertiary/aromatic N) is 4. The third kappa shape index (κ3) is 6.73. The Morgan fingerprint density at radius 3 is 2.31 bits per heavy atom. The van der Waals surface area contributed by atoms with Gasteiger partial charge in [0.05, 0.1) is 12.9 Å². The molecule has 0 aliphatic carbocycles. The number of aromatic nitrogens is 4. The Hall–Kier alpha value is -0.100. The molecule has 0 aromatic carbocycles. The van der Waals surface area contributed by atoms with E-state index in [4.69, 9.17) is 25.2 Å². The fourth-order valence-electron chi connectivity index (χ4n) is 2.62. The van der Waals surface area contributed by atoms with E-state index in [9.17, 15) is 28.8 Å². The van der Waals surface area contributed by atoms with Gasteiger partial charge in [-0.1, -0.05) is 0 Å². The number of ether oxygens (including phenoxy) is 1. The Morgan fingerprint density at radius 1 is 1.03 bits per heavy atom. The number of hydrogen-bond acceptors (Lipinski definition) is 13. The minimum atomic E-state index is -5.70. The summed E-state index contributed by atoms with van der Waals surface area (Å²) in [5.41, 5.74) is 6.00. The molecule has 1 aliphatic rings. The summed E-state index contributed by atoms with van der Waals surface area (Å²) in [6, 6.07) is 0. The van der Waals surface area contributed by atoms with E-state index in [-0.39, 0.29) is 54.7 Å². The van der Waals surface area contributed by atoms with E-state index in [0.717, 1.165) is 6.33 Å². The third-order valence-corrected chi connectivity index (χ3v) is 7.62. The van der Waals surface area contributed by atoms with Crippen molar-refractivity contribution in [1.82, 2.24) is 19.5 Å². The molecule has 18 nitrogen and oxygen atoms in total. The molecule has 8 N–H and O–H groups in total. The van der Waals surface area contributed by atoms with Crippen LogP contribution in [0, 0.1) is 0 Å². The van der Waals surface area contributed by atoms with E-state index in [1.807, 2.05) is 0 Å². The van der Waals surface area contributed by atoms with Crippen LogP contribution in [0.1, 0.15) is 6.23 Å². The van der Waals surface area contributed by atoms with Crippen molar-refractivity contribution in [3.8, 4) is 0 Å². The van der Waals surface area contributed by atoms with Crippen molar-refractivity contribution in [3.05, 3.63) is 12.7 Å². The van der Waals surface area contributed by atoms with E-state index in [1.54, 1.807) is 0 Å². The molecule has 3 rings (SSSR count). The molecule has 178 valence electrons. The van der Waals surface area contributed by atoms with Gasteiger partial charge in [-0.25, -0.2) is 28.6 Å². The molecule has 0 amide bonds. The van der Waals surface area contributed by atoms with Crippen molar-refractivity contribution in [1.29, 1.82) is 0 Å². The molecule has 0 spiro atoms. The molecule has 32 heavy (non-hydrogen) atoms. The quantitative estimate of drug-likeness (QED) is 0.132. The molecule has 2 aromatic rings. The first kappa shape index (κ1) is 28.1. The van der Waals surface area contributed by atoms with Gasteiger partial charge in [-0.05, 0) is 0 Å². The molecule has 3 heterocycles. The maximum absolute atomic E-state index is 11.8. The first-order valence-corrected chi connectivity index (χ1v) is 12.4. The zero-order chi connectivity index (χ0) is 23.2. The topological polar surface area (TPSA) is 279 Å². The van der Waals surface area contributed by atoms with Gasteiger partial charge in [-0.15, -0.1) is 0 Å². The van der Waals surface area contributed by atoms with Crippen LogP contribution in [-0.2, 0) is 31.6 Å². The second-order valence-electron chi connectivity index (χ2n) is 6.02. The number of aliphatic hydroxyl groups is 2. The Bertz CT molecular complexity index is 1110. The normalized spacial score (nSPS) is 27.6. The predicted octanol–water partition coefficient (Wildman–Crippen LogP) is -2.55. The van der Waals surface area contributed by atoms with Crippen LogP contribution < -0.4 is 5.73 Å². The van der Waals surface area contributed by atoms with Crippen LogP contribution in [0.2, 0.25) is 0 Å². The zero-order valence-corrected chi connectivity index (χ0v) is 17.6. The maximum atomic E-state index is 11.8. The van der Waals surface area contributed by atoms with Gasteiger partial charge in [-0.3, -0.25) is 9.09 Å². The zero-order valence-electron chi connectivity index (χ0n) is 14.9. The van der Waals surface area contributed by atoms with Gasteiger partial charge in [0, 0.05) is 0 Å². The molecule has 0 saturated carbocycles. The molecule has 22 heteroatoms. The van der Waals surface area contributed by atoms with E-state index >= 15 is 0 Å². The molecule has 1 aliphatic heterocycles. The second kappa shape index (κ2) is 10.3. The van der Waals surface area contributed by atoms with Crippen molar-refractivity contribution < 1.29 is 61.4 Å². The second-order valence-corrected chi connectivity index (χ2v) is 10.4.